The molecule has 0 bridgehead atoms. The third-order valence-corrected chi connectivity index (χ3v) is 9.04. The van der Waals surface area contributed by atoms with Crippen molar-refractivity contribution in [2.75, 3.05) is 27.1 Å². The highest BCUT2D eigenvalue weighted by molar-refractivity contribution is 7.85. The van der Waals surface area contributed by atoms with Crippen LogP contribution in [0.2, 0.25) is 6.04 Å². The molecule has 26 heavy (non-hydrogen) atoms. The fraction of sp³-hybridized carbons (Fsp3) is 0.700. The summed E-state index contributed by atoms with van der Waals surface area (Å²) >= 11 is 0. The second-order valence-electron chi connectivity index (χ2n) is 6.59. The van der Waals surface area contributed by atoms with E-state index in [0.29, 0.717) is 0 Å². The van der Waals surface area contributed by atoms with Crippen LogP contribution >= 0.6 is 0 Å². The van der Waals surface area contributed by atoms with E-state index in [0.717, 1.165) is 29.5 Å². The van der Waals surface area contributed by atoms with Gasteiger partial charge in [0, 0.05) is 38.0 Å². The van der Waals surface area contributed by atoms with Crippen LogP contribution in [-0.4, -0.2) is 40.1 Å². The predicted octanol–water partition coefficient (Wildman–Crippen LogP) is 5.18. The summed E-state index contributed by atoms with van der Waals surface area (Å²) in [6.07, 6.45) is 10.9. The molecule has 0 saturated heterocycles. The summed E-state index contributed by atoms with van der Waals surface area (Å²) in [6.45, 7) is 0. The maximum Gasteiger partial charge on any atom is 0.500 e. The van der Waals surface area contributed by atoms with Crippen LogP contribution in [0.1, 0.15) is 57.8 Å². The van der Waals surface area contributed by atoms with Crippen molar-refractivity contribution >= 4 is 19.6 Å². The zero-order chi connectivity index (χ0) is 19.1. The number of rotatable bonds is 16. The molecule has 1 atom stereocenters. The van der Waals surface area contributed by atoms with E-state index in [1.54, 1.807) is 21.3 Å². The Balaban J connectivity index is 1.93. The SMILES string of the molecule is CO[Si](CCCCCCCCCCCS(=O)c1ccccc1)(OC)OC. The van der Waals surface area contributed by atoms with E-state index in [2.05, 4.69) is 0 Å². The molecule has 0 spiro atoms. The van der Waals surface area contributed by atoms with Crippen LogP contribution in [0.3, 0.4) is 0 Å². The molecule has 1 aromatic carbocycles. The summed E-state index contributed by atoms with van der Waals surface area (Å²) in [5.41, 5.74) is 0. The normalized spacial score (nSPS) is 13.0. The lowest BCUT2D eigenvalue weighted by atomic mass is 10.1. The first-order valence-corrected chi connectivity index (χ1v) is 13.0. The molecule has 0 aliphatic heterocycles. The highest BCUT2D eigenvalue weighted by Gasteiger charge is 2.36. The minimum absolute atomic E-state index is 0.786. The average Bonchev–Trinajstić information content (AvgIpc) is 2.70. The Morgan fingerprint density at radius 2 is 1.19 bits per heavy atom. The Hall–Kier alpha value is -0.533. The van der Waals surface area contributed by atoms with E-state index < -0.39 is 19.6 Å². The van der Waals surface area contributed by atoms with E-state index >= 15 is 0 Å². The van der Waals surface area contributed by atoms with Crippen LogP contribution in [0, 0.1) is 0 Å². The van der Waals surface area contributed by atoms with Gasteiger partial charge in [0.15, 0.2) is 0 Å². The molecule has 0 N–H and O–H groups in total. The molecule has 0 heterocycles. The summed E-state index contributed by atoms with van der Waals surface area (Å²) in [7, 11) is 1.83. The predicted molar refractivity (Wildman–Crippen MR) is 111 cm³/mol. The summed E-state index contributed by atoms with van der Waals surface area (Å²) < 4.78 is 28.4. The minimum Gasteiger partial charge on any atom is -0.377 e. The molecule has 1 unspecified atom stereocenters. The fourth-order valence-corrected chi connectivity index (χ4v) is 6.02. The molecule has 0 saturated carbocycles. The largest absolute Gasteiger partial charge is 0.500 e. The molecule has 0 fully saturated rings. The van der Waals surface area contributed by atoms with Gasteiger partial charge in [-0.15, -0.1) is 0 Å². The van der Waals surface area contributed by atoms with Gasteiger partial charge in [0.25, 0.3) is 0 Å². The molecule has 0 aliphatic carbocycles. The molecule has 1 rings (SSSR count). The highest BCUT2D eigenvalue weighted by atomic mass is 32.2. The van der Waals surface area contributed by atoms with Crippen LogP contribution in [0.4, 0.5) is 0 Å². The molecule has 0 amide bonds. The standard InChI is InChI=1S/C20H36O4SSi/c1-22-26(23-2,24-3)19-15-10-8-6-4-5-7-9-14-18-25(21)20-16-12-11-13-17-20/h11-13,16-17H,4-10,14-15,18-19H2,1-3H3. The van der Waals surface area contributed by atoms with Crippen molar-refractivity contribution in [3.8, 4) is 0 Å². The topological polar surface area (TPSA) is 44.8 Å². The van der Waals surface area contributed by atoms with Gasteiger partial charge < -0.3 is 13.3 Å². The summed E-state index contributed by atoms with van der Waals surface area (Å²) in [4.78, 5) is 0.954. The summed E-state index contributed by atoms with van der Waals surface area (Å²) in [6, 6.07) is 10.7. The monoisotopic (exact) mass is 400 g/mol. The Morgan fingerprint density at radius 1 is 0.731 bits per heavy atom. The zero-order valence-electron chi connectivity index (χ0n) is 16.7. The Kier molecular flexibility index (Phi) is 13.1. The lowest BCUT2D eigenvalue weighted by molar-refractivity contribution is 0.122. The highest BCUT2D eigenvalue weighted by Crippen LogP contribution is 2.18. The van der Waals surface area contributed by atoms with Crippen LogP contribution < -0.4 is 0 Å². The average molecular weight is 401 g/mol. The third-order valence-electron chi connectivity index (χ3n) is 4.75. The molecule has 0 aromatic heterocycles. The van der Waals surface area contributed by atoms with Crippen LogP contribution in [0.15, 0.2) is 35.2 Å². The Bertz CT molecular complexity index is 472. The van der Waals surface area contributed by atoms with Gasteiger partial charge >= 0.3 is 8.80 Å². The van der Waals surface area contributed by atoms with E-state index in [4.69, 9.17) is 13.3 Å². The van der Waals surface area contributed by atoms with Crippen molar-refractivity contribution in [3.05, 3.63) is 30.3 Å². The van der Waals surface area contributed by atoms with Gasteiger partial charge in [0.05, 0.1) is 10.8 Å². The molecule has 1 aromatic rings. The first-order chi connectivity index (χ1) is 12.7. The molecule has 0 radical (unpaired) electrons. The number of benzene rings is 1. The van der Waals surface area contributed by atoms with Crippen molar-refractivity contribution in [3.63, 3.8) is 0 Å². The zero-order valence-corrected chi connectivity index (χ0v) is 18.5. The second kappa shape index (κ2) is 14.5. The number of hydrogen-bond acceptors (Lipinski definition) is 4. The van der Waals surface area contributed by atoms with Crippen LogP contribution in [-0.2, 0) is 24.1 Å². The maximum atomic E-state index is 12.1. The van der Waals surface area contributed by atoms with Gasteiger partial charge in [-0.05, 0) is 25.0 Å². The lowest BCUT2D eigenvalue weighted by Gasteiger charge is -2.24. The van der Waals surface area contributed by atoms with E-state index in [1.807, 2.05) is 30.3 Å². The molecular weight excluding hydrogens is 364 g/mol. The molecular formula is C20H36O4SSi. The van der Waals surface area contributed by atoms with Crippen molar-refractivity contribution in [1.29, 1.82) is 0 Å². The van der Waals surface area contributed by atoms with Crippen molar-refractivity contribution in [2.45, 2.75) is 68.7 Å². The van der Waals surface area contributed by atoms with Crippen molar-refractivity contribution < 1.29 is 17.5 Å². The molecule has 4 nitrogen and oxygen atoms in total. The lowest BCUT2D eigenvalue weighted by Crippen LogP contribution is -2.42. The fourth-order valence-electron chi connectivity index (χ4n) is 3.06. The molecule has 150 valence electrons. The first kappa shape index (κ1) is 23.5. The van der Waals surface area contributed by atoms with Gasteiger partial charge in [-0.3, -0.25) is 4.21 Å². The summed E-state index contributed by atoms with van der Waals surface area (Å²) in [5, 5.41) is 0. The number of unbranched alkanes of at least 4 members (excludes halogenated alkanes) is 8. The maximum absolute atomic E-state index is 12.1. The smallest absolute Gasteiger partial charge is 0.377 e. The molecule has 6 heteroatoms. The summed E-state index contributed by atoms with van der Waals surface area (Å²) in [5.74, 6) is 0.786. The number of hydrogen-bond donors (Lipinski definition) is 0. The first-order valence-electron chi connectivity index (χ1n) is 9.76. The Morgan fingerprint density at radius 3 is 1.69 bits per heavy atom. The van der Waals surface area contributed by atoms with Crippen LogP contribution in [0.5, 0.6) is 0 Å². The Labute approximate surface area is 163 Å². The van der Waals surface area contributed by atoms with Gasteiger partial charge in [-0.25, -0.2) is 0 Å². The third kappa shape index (κ3) is 9.42. The minimum atomic E-state index is -2.37. The van der Waals surface area contributed by atoms with E-state index in [9.17, 15) is 4.21 Å². The molecule has 0 aliphatic rings. The van der Waals surface area contributed by atoms with Crippen molar-refractivity contribution in [2.24, 2.45) is 0 Å². The second-order valence-corrected chi connectivity index (χ2v) is 11.3. The van der Waals surface area contributed by atoms with Gasteiger partial charge in [0.2, 0.25) is 0 Å². The van der Waals surface area contributed by atoms with E-state index in [-0.39, 0.29) is 0 Å². The van der Waals surface area contributed by atoms with Gasteiger partial charge in [0.1, 0.15) is 0 Å². The van der Waals surface area contributed by atoms with E-state index in [1.165, 1.54) is 44.9 Å². The van der Waals surface area contributed by atoms with Crippen LogP contribution in [0.25, 0.3) is 0 Å². The quantitative estimate of drug-likeness (QED) is 0.283. The van der Waals surface area contributed by atoms with Crippen molar-refractivity contribution in [1.82, 2.24) is 0 Å². The van der Waals surface area contributed by atoms with Gasteiger partial charge in [-0.2, -0.15) is 0 Å². The van der Waals surface area contributed by atoms with Gasteiger partial charge in [-0.1, -0.05) is 63.1 Å².